The van der Waals surface area contributed by atoms with E-state index >= 15 is 0 Å². The number of aromatic nitrogens is 4. The molecule has 0 unspecified atom stereocenters. The zero-order valence-corrected chi connectivity index (χ0v) is 28.4. The Morgan fingerprint density at radius 3 is 1.71 bits per heavy atom. The first kappa shape index (κ1) is 28.0. The highest BCUT2D eigenvalue weighted by atomic mass is 32.1. The van der Waals surface area contributed by atoms with Gasteiger partial charge in [-0.15, -0.1) is 11.3 Å². The Morgan fingerprint density at radius 1 is 0.423 bits per heavy atom. The van der Waals surface area contributed by atoms with Crippen molar-refractivity contribution in [2.24, 2.45) is 0 Å². The first-order chi connectivity index (χ1) is 25.8. The highest BCUT2D eigenvalue weighted by Gasteiger charge is 2.20. The third kappa shape index (κ3) is 3.76. The zero-order chi connectivity index (χ0) is 33.9. The fourth-order valence-corrected chi connectivity index (χ4v) is 9.56. The molecule has 0 saturated heterocycles. The summed E-state index contributed by atoms with van der Waals surface area (Å²) < 4.78 is 12.4. The van der Waals surface area contributed by atoms with Crippen LogP contribution in [0.2, 0.25) is 0 Å². The van der Waals surface area contributed by atoms with E-state index in [1.54, 1.807) is 17.5 Å². The molecule has 6 heteroatoms. The van der Waals surface area contributed by atoms with E-state index in [1.165, 1.54) is 64.9 Å². The third-order valence-electron chi connectivity index (χ3n) is 10.7. The summed E-state index contributed by atoms with van der Waals surface area (Å²) in [6, 6.07) is 52.4. The maximum Gasteiger partial charge on any atom is 0.227 e. The first-order valence-corrected chi connectivity index (χ1v) is 18.2. The molecule has 12 rings (SSSR count). The van der Waals surface area contributed by atoms with Crippen LogP contribution in [0.4, 0.5) is 0 Å². The number of fused-ring (bicyclic) bond motifs is 12. The Labute approximate surface area is 300 Å². The molecule has 0 amide bonds. The largest absolute Gasteiger partial charge is 0.435 e. The second kappa shape index (κ2) is 10.4. The molecule has 0 atom stereocenters. The summed E-state index contributed by atoms with van der Waals surface area (Å²) in [6.07, 6.45) is 3.66. The SMILES string of the molecule is c1cnc2oc3c(-n4c5ccccc5c5cc(-c6ccc7c(c6)c6ccccc6n7-c6cccc7c6sc6ncccc67)ccc54)cccc3c2c1. The molecule has 0 bridgehead atoms. The average Bonchev–Trinajstić information content (AvgIpc) is 3.95. The van der Waals surface area contributed by atoms with Crippen LogP contribution in [-0.4, -0.2) is 19.1 Å². The van der Waals surface area contributed by atoms with Crippen molar-refractivity contribution in [2.45, 2.75) is 0 Å². The topological polar surface area (TPSA) is 48.8 Å². The number of benzene rings is 6. The summed E-state index contributed by atoms with van der Waals surface area (Å²) in [7, 11) is 0. The lowest BCUT2D eigenvalue weighted by Crippen LogP contribution is -1.94. The van der Waals surface area contributed by atoms with E-state index in [1.807, 2.05) is 18.3 Å². The Bertz CT molecular complexity index is 3200. The molecule has 6 aromatic carbocycles. The van der Waals surface area contributed by atoms with E-state index in [-0.39, 0.29) is 0 Å². The Balaban J connectivity index is 1.07. The van der Waals surface area contributed by atoms with Crippen LogP contribution >= 0.6 is 11.3 Å². The molecule has 6 aromatic heterocycles. The summed E-state index contributed by atoms with van der Waals surface area (Å²) in [5.74, 6) is 0. The molecular weight excluding hydrogens is 657 g/mol. The van der Waals surface area contributed by atoms with Gasteiger partial charge in [-0.2, -0.15) is 0 Å². The summed E-state index contributed by atoms with van der Waals surface area (Å²) in [4.78, 5) is 10.3. The molecule has 0 aliphatic rings. The minimum Gasteiger partial charge on any atom is -0.435 e. The Kier molecular flexibility index (Phi) is 5.59. The van der Waals surface area contributed by atoms with Crippen molar-refractivity contribution in [3.8, 4) is 22.5 Å². The predicted molar refractivity (Wildman–Crippen MR) is 216 cm³/mol. The third-order valence-corrected chi connectivity index (χ3v) is 11.8. The molecule has 0 fully saturated rings. The number of nitrogens with zero attached hydrogens (tertiary/aromatic N) is 4. The summed E-state index contributed by atoms with van der Waals surface area (Å²) >= 11 is 1.76. The molecule has 6 heterocycles. The number of hydrogen-bond donors (Lipinski definition) is 0. The Hall–Kier alpha value is -6.76. The second-order valence-electron chi connectivity index (χ2n) is 13.4. The van der Waals surface area contributed by atoms with Gasteiger partial charge in [-0.1, -0.05) is 72.8 Å². The number of hydrogen-bond acceptors (Lipinski definition) is 4. The van der Waals surface area contributed by atoms with Gasteiger partial charge in [0.05, 0.1) is 38.1 Å². The highest BCUT2D eigenvalue weighted by molar-refractivity contribution is 7.25. The lowest BCUT2D eigenvalue weighted by Gasteiger charge is -2.10. The second-order valence-corrected chi connectivity index (χ2v) is 14.4. The number of pyridine rings is 2. The van der Waals surface area contributed by atoms with Gasteiger partial charge in [0.2, 0.25) is 5.71 Å². The minimum absolute atomic E-state index is 0.655. The summed E-state index contributed by atoms with van der Waals surface area (Å²) in [5.41, 5.74) is 10.7. The minimum atomic E-state index is 0.655. The van der Waals surface area contributed by atoms with Gasteiger partial charge in [-0.3, -0.25) is 0 Å². The van der Waals surface area contributed by atoms with Crippen molar-refractivity contribution >= 4 is 97.3 Å². The molecule has 0 aliphatic carbocycles. The molecule has 0 radical (unpaired) electrons. The number of furan rings is 1. The lowest BCUT2D eigenvalue weighted by atomic mass is 10.0. The summed E-state index contributed by atoms with van der Waals surface area (Å²) in [6.45, 7) is 0. The van der Waals surface area contributed by atoms with Crippen LogP contribution in [0.3, 0.4) is 0 Å². The fourth-order valence-electron chi connectivity index (χ4n) is 8.41. The van der Waals surface area contributed by atoms with Crippen LogP contribution in [0.1, 0.15) is 0 Å². The van der Waals surface area contributed by atoms with Gasteiger partial charge < -0.3 is 13.6 Å². The van der Waals surface area contributed by atoms with Crippen molar-refractivity contribution < 1.29 is 4.42 Å². The van der Waals surface area contributed by atoms with E-state index in [0.29, 0.717) is 5.71 Å². The van der Waals surface area contributed by atoms with Gasteiger partial charge in [0.25, 0.3) is 0 Å². The van der Waals surface area contributed by atoms with E-state index in [4.69, 9.17) is 9.40 Å². The van der Waals surface area contributed by atoms with Gasteiger partial charge in [-0.05, 0) is 83.9 Å². The monoisotopic (exact) mass is 682 g/mol. The highest BCUT2D eigenvalue weighted by Crippen LogP contribution is 2.42. The van der Waals surface area contributed by atoms with Gasteiger partial charge in [0, 0.05) is 55.5 Å². The van der Waals surface area contributed by atoms with E-state index < -0.39 is 0 Å². The van der Waals surface area contributed by atoms with Crippen LogP contribution in [0.25, 0.3) is 108 Å². The quantitative estimate of drug-likeness (QED) is 0.186. The Morgan fingerprint density at radius 2 is 0.981 bits per heavy atom. The number of thiophene rings is 1. The molecule has 0 saturated carbocycles. The summed E-state index contributed by atoms with van der Waals surface area (Å²) in [5, 5.41) is 9.41. The van der Waals surface area contributed by atoms with Gasteiger partial charge >= 0.3 is 0 Å². The molecule has 242 valence electrons. The van der Waals surface area contributed by atoms with Gasteiger partial charge in [0.15, 0.2) is 5.58 Å². The molecular formula is C46H26N4OS. The average molecular weight is 683 g/mol. The van der Waals surface area contributed by atoms with E-state index in [9.17, 15) is 0 Å². The fraction of sp³-hybridized carbons (Fsp3) is 0. The van der Waals surface area contributed by atoms with Crippen LogP contribution in [0.5, 0.6) is 0 Å². The van der Waals surface area contributed by atoms with Crippen LogP contribution in [0.15, 0.2) is 162 Å². The van der Waals surface area contributed by atoms with Gasteiger partial charge in [-0.25, -0.2) is 9.97 Å². The zero-order valence-electron chi connectivity index (χ0n) is 27.6. The first-order valence-electron chi connectivity index (χ1n) is 17.4. The van der Waals surface area contributed by atoms with Crippen LogP contribution in [-0.2, 0) is 0 Å². The lowest BCUT2D eigenvalue weighted by molar-refractivity contribution is 0.652. The van der Waals surface area contributed by atoms with Crippen LogP contribution < -0.4 is 0 Å². The normalized spacial score (nSPS) is 12.2. The number of rotatable bonds is 3. The number of para-hydroxylation sites is 3. The van der Waals surface area contributed by atoms with E-state index in [0.717, 1.165) is 37.9 Å². The van der Waals surface area contributed by atoms with Crippen LogP contribution in [0, 0.1) is 0 Å². The molecule has 52 heavy (non-hydrogen) atoms. The maximum atomic E-state index is 6.41. The van der Waals surface area contributed by atoms with Gasteiger partial charge in [0.1, 0.15) is 4.83 Å². The van der Waals surface area contributed by atoms with Crippen molar-refractivity contribution in [3.63, 3.8) is 0 Å². The molecule has 12 aromatic rings. The smallest absolute Gasteiger partial charge is 0.227 e. The predicted octanol–water partition coefficient (Wildman–Crippen LogP) is 12.6. The molecule has 5 nitrogen and oxygen atoms in total. The van der Waals surface area contributed by atoms with Crippen molar-refractivity contribution in [3.05, 3.63) is 158 Å². The van der Waals surface area contributed by atoms with Crippen molar-refractivity contribution in [2.75, 3.05) is 0 Å². The van der Waals surface area contributed by atoms with E-state index in [2.05, 4.69) is 148 Å². The molecule has 0 aliphatic heterocycles. The maximum absolute atomic E-state index is 6.41. The molecule has 0 N–H and O–H groups in total. The van der Waals surface area contributed by atoms with Crippen molar-refractivity contribution in [1.29, 1.82) is 0 Å². The van der Waals surface area contributed by atoms with Crippen molar-refractivity contribution in [1.82, 2.24) is 19.1 Å². The standard InChI is InChI=1S/C46H26N4OS/c1-3-15-37-29(9-1)35-25-27(19-21-39(35)49(37)41-17-5-11-31-33-13-7-23-47-45(33)51-43(31)41)28-20-22-40-36(26-28)30-10-2-4-16-38(30)50(40)42-18-6-12-32-34-14-8-24-48-46(34)52-44(32)42/h1-26H. The molecule has 0 spiro atoms.